The number of para-hydroxylation sites is 1. The number of anilines is 2. The Labute approximate surface area is 267 Å². The summed E-state index contributed by atoms with van der Waals surface area (Å²) in [6, 6.07) is 28.2. The van der Waals surface area contributed by atoms with Gasteiger partial charge in [0.05, 0.1) is 10.7 Å². The molecule has 0 unspecified atom stereocenters. The molecule has 2 aliphatic rings. The van der Waals surface area contributed by atoms with E-state index in [1.807, 2.05) is 59.5 Å². The quantitative estimate of drug-likeness (QED) is 0.127. The van der Waals surface area contributed by atoms with Crippen LogP contribution < -0.4 is 9.80 Å². The summed E-state index contributed by atoms with van der Waals surface area (Å²) in [5, 5.41) is 1.82. The summed E-state index contributed by atoms with van der Waals surface area (Å²) >= 11 is 14.4. The van der Waals surface area contributed by atoms with Crippen molar-refractivity contribution in [3.8, 4) is 0 Å². The van der Waals surface area contributed by atoms with E-state index in [-0.39, 0.29) is 5.91 Å². The lowest BCUT2D eigenvalue weighted by molar-refractivity contribution is 0.0746. The Morgan fingerprint density at radius 1 is 0.721 bits per heavy atom. The number of carbonyl (C=O) groups is 1. The second kappa shape index (κ2) is 14.0. The zero-order valence-corrected chi connectivity index (χ0v) is 26.2. The largest absolute Gasteiger partial charge is 0.367 e. The zero-order chi connectivity index (χ0) is 29.6. The Kier molecular flexibility index (Phi) is 9.68. The van der Waals surface area contributed by atoms with E-state index in [1.165, 1.54) is 17.3 Å². The van der Waals surface area contributed by atoms with Gasteiger partial charge < -0.3 is 14.7 Å². The minimum absolute atomic E-state index is 0.0540. The van der Waals surface area contributed by atoms with Crippen LogP contribution in [0.15, 0.2) is 90.1 Å². The van der Waals surface area contributed by atoms with Gasteiger partial charge in [-0.2, -0.15) is 0 Å². The van der Waals surface area contributed by atoms with Crippen LogP contribution in [-0.4, -0.2) is 78.0 Å². The minimum atomic E-state index is 0.0540. The van der Waals surface area contributed by atoms with Crippen LogP contribution in [-0.2, 0) is 12.3 Å². The normalized spacial score (nSPS) is 16.0. The molecule has 43 heavy (non-hydrogen) atoms. The molecule has 2 aliphatic heterocycles. The van der Waals surface area contributed by atoms with Crippen molar-refractivity contribution in [2.45, 2.75) is 17.5 Å². The number of halogens is 2. The molecular weight excluding hydrogens is 599 g/mol. The zero-order valence-electron chi connectivity index (χ0n) is 23.9. The number of thioether (sulfide) groups is 1. The smallest absolute Gasteiger partial charge is 0.253 e. The van der Waals surface area contributed by atoms with Crippen molar-refractivity contribution in [1.29, 1.82) is 0 Å². The first-order chi connectivity index (χ1) is 21.0. The lowest BCUT2D eigenvalue weighted by atomic mass is 10.1. The molecule has 1 amide bonds. The van der Waals surface area contributed by atoms with Crippen molar-refractivity contribution >= 4 is 52.4 Å². The number of piperazine rings is 2. The van der Waals surface area contributed by atoms with Crippen LogP contribution in [0.5, 0.6) is 0 Å². The highest BCUT2D eigenvalue weighted by atomic mass is 35.5. The topological polar surface area (TPSA) is 55.8 Å². The average molecular weight is 634 g/mol. The van der Waals surface area contributed by atoms with E-state index >= 15 is 0 Å². The van der Waals surface area contributed by atoms with Gasteiger partial charge in [-0.25, -0.2) is 9.97 Å². The molecule has 0 aliphatic carbocycles. The number of amides is 1. The molecule has 0 radical (unpaired) electrons. The molecule has 3 aromatic carbocycles. The van der Waals surface area contributed by atoms with Gasteiger partial charge in [0.2, 0.25) is 0 Å². The second-order valence-electron chi connectivity index (χ2n) is 10.8. The molecule has 6 rings (SSSR count). The number of hydrogen-bond acceptors (Lipinski definition) is 7. The van der Waals surface area contributed by atoms with Crippen molar-refractivity contribution in [2.75, 3.05) is 62.2 Å². The summed E-state index contributed by atoms with van der Waals surface area (Å²) in [4.78, 5) is 31.6. The number of nitrogens with zero attached hydrogens (tertiary/aromatic N) is 6. The van der Waals surface area contributed by atoms with E-state index in [0.717, 1.165) is 67.9 Å². The Bertz CT molecular complexity index is 1540. The highest BCUT2D eigenvalue weighted by molar-refractivity contribution is 7.98. The standard InChI is InChI=1S/C33H34Cl2N6OS/c34-28-11-4-5-12-29(28)39-17-19-41(20-18-39)32(42)27-10-6-9-26(21-27)24-43-33-36-30(35)22-31(37-33)40-15-13-38(14-16-40)23-25-7-2-1-3-8-25/h1-12,21-22H,13-20,23-24H2. The third-order valence-electron chi connectivity index (χ3n) is 7.91. The van der Waals surface area contributed by atoms with Crippen LogP contribution in [0.3, 0.4) is 0 Å². The van der Waals surface area contributed by atoms with Gasteiger partial charge in [0, 0.05) is 76.3 Å². The van der Waals surface area contributed by atoms with Crippen LogP contribution in [0.2, 0.25) is 10.2 Å². The first-order valence-electron chi connectivity index (χ1n) is 14.6. The maximum absolute atomic E-state index is 13.3. The monoisotopic (exact) mass is 632 g/mol. The number of carbonyl (C=O) groups excluding carboxylic acids is 1. The van der Waals surface area contributed by atoms with E-state index in [2.05, 4.69) is 50.0 Å². The molecule has 10 heteroatoms. The Morgan fingerprint density at radius 2 is 1.42 bits per heavy atom. The van der Waals surface area contributed by atoms with Crippen molar-refractivity contribution in [3.63, 3.8) is 0 Å². The van der Waals surface area contributed by atoms with Crippen LogP contribution in [0.25, 0.3) is 0 Å². The molecule has 0 bridgehead atoms. The van der Waals surface area contributed by atoms with Gasteiger partial charge >= 0.3 is 0 Å². The van der Waals surface area contributed by atoms with Gasteiger partial charge in [-0.1, -0.05) is 89.6 Å². The molecule has 0 saturated carbocycles. The maximum atomic E-state index is 13.3. The number of aromatic nitrogens is 2. The average Bonchev–Trinajstić information content (AvgIpc) is 3.04. The molecule has 0 atom stereocenters. The second-order valence-corrected chi connectivity index (χ2v) is 12.5. The Hall–Kier alpha value is -3.30. The van der Waals surface area contributed by atoms with E-state index in [4.69, 9.17) is 28.2 Å². The molecule has 0 spiro atoms. The van der Waals surface area contributed by atoms with E-state index < -0.39 is 0 Å². The third kappa shape index (κ3) is 7.62. The van der Waals surface area contributed by atoms with E-state index in [1.54, 1.807) is 0 Å². The fraction of sp³-hybridized carbons (Fsp3) is 0.303. The Morgan fingerprint density at radius 3 is 2.19 bits per heavy atom. The fourth-order valence-corrected chi connectivity index (χ4v) is 6.85. The fourth-order valence-electron chi connectivity index (χ4n) is 5.57. The molecule has 3 heterocycles. The molecule has 1 aromatic heterocycles. The molecule has 0 N–H and O–H groups in total. The van der Waals surface area contributed by atoms with Crippen LogP contribution >= 0.6 is 35.0 Å². The highest BCUT2D eigenvalue weighted by Crippen LogP contribution is 2.28. The lowest BCUT2D eigenvalue weighted by Crippen LogP contribution is -2.48. The number of benzene rings is 3. The van der Waals surface area contributed by atoms with E-state index in [0.29, 0.717) is 34.7 Å². The minimum Gasteiger partial charge on any atom is -0.367 e. The van der Waals surface area contributed by atoms with Crippen molar-refractivity contribution in [1.82, 2.24) is 19.8 Å². The summed E-state index contributed by atoms with van der Waals surface area (Å²) in [6.07, 6.45) is 0. The molecule has 4 aromatic rings. The van der Waals surface area contributed by atoms with Crippen LogP contribution in [0.1, 0.15) is 21.5 Å². The third-order valence-corrected chi connectivity index (χ3v) is 9.34. The van der Waals surface area contributed by atoms with Gasteiger partial charge in [0.15, 0.2) is 5.16 Å². The van der Waals surface area contributed by atoms with Gasteiger partial charge in [-0.3, -0.25) is 9.69 Å². The first kappa shape index (κ1) is 29.8. The molecular formula is C33H34Cl2N6OS. The Balaban J connectivity index is 1.03. The summed E-state index contributed by atoms with van der Waals surface area (Å²) in [5.74, 6) is 1.56. The van der Waals surface area contributed by atoms with Crippen LogP contribution in [0, 0.1) is 0 Å². The van der Waals surface area contributed by atoms with Crippen molar-refractivity contribution < 1.29 is 4.79 Å². The first-order valence-corrected chi connectivity index (χ1v) is 16.3. The summed E-state index contributed by atoms with van der Waals surface area (Å²) in [5.41, 5.74) is 4.10. The predicted octanol–water partition coefficient (Wildman–Crippen LogP) is 6.36. The highest BCUT2D eigenvalue weighted by Gasteiger charge is 2.24. The maximum Gasteiger partial charge on any atom is 0.253 e. The van der Waals surface area contributed by atoms with Gasteiger partial charge in [0.1, 0.15) is 11.0 Å². The van der Waals surface area contributed by atoms with Gasteiger partial charge in [-0.05, 0) is 35.4 Å². The van der Waals surface area contributed by atoms with Crippen molar-refractivity contribution in [2.24, 2.45) is 0 Å². The lowest BCUT2D eigenvalue weighted by Gasteiger charge is -2.36. The molecule has 2 saturated heterocycles. The van der Waals surface area contributed by atoms with E-state index in [9.17, 15) is 4.79 Å². The number of rotatable bonds is 8. The molecule has 7 nitrogen and oxygen atoms in total. The summed E-state index contributed by atoms with van der Waals surface area (Å²) in [6.45, 7) is 7.49. The van der Waals surface area contributed by atoms with Gasteiger partial charge in [0.25, 0.3) is 5.91 Å². The SMILES string of the molecule is O=C(c1cccc(CSc2nc(Cl)cc(N3CCN(Cc4ccccc4)CC3)n2)c1)N1CCN(c2ccccc2Cl)CC1. The molecule has 222 valence electrons. The summed E-state index contributed by atoms with van der Waals surface area (Å²) in [7, 11) is 0. The predicted molar refractivity (Wildman–Crippen MR) is 177 cm³/mol. The van der Waals surface area contributed by atoms with Crippen LogP contribution in [0.4, 0.5) is 11.5 Å². The molecule has 2 fully saturated rings. The van der Waals surface area contributed by atoms with Crippen molar-refractivity contribution in [3.05, 3.63) is 112 Å². The number of hydrogen-bond donors (Lipinski definition) is 0. The summed E-state index contributed by atoms with van der Waals surface area (Å²) < 4.78 is 0. The van der Waals surface area contributed by atoms with Gasteiger partial charge in [-0.15, -0.1) is 0 Å².